The van der Waals surface area contributed by atoms with Crippen molar-refractivity contribution in [3.05, 3.63) is 34.9 Å². The van der Waals surface area contributed by atoms with Gasteiger partial charge in [0, 0.05) is 11.1 Å². The van der Waals surface area contributed by atoms with E-state index in [4.69, 9.17) is 23.7 Å². The number of benzene rings is 2. The molecule has 35 heavy (non-hydrogen) atoms. The van der Waals surface area contributed by atoms with Crippen molar-refractivity contribution < 1.29 is 38.7 Å². The van der Waals surface area contributed by atoms with Gasteiger partial charge in [0.25, 0.3) is 0 Å². The molecule has 8 heteroatoms. The first-order valence-corrected chi connectivity index (χ1v) is 11.5. The lowest BCUT2D eigenvalue weighted by molar-refractivity contribution is -0.125. The highest BCUT2D eigenvalue weighted by atomic mass is 16.7. The lowest BCUT2D eigenvalue weighted by Gasteiger charge is -2.41. The number of phenolic OH excluding ortho intramolecular Hbond substituents is 1. The van der Waals surface area contributed by atoms with E-state index in [1.165, 1.54) is 21.3 Å². The predicted molar refractivity (Wildman–Crippen MR) is 130 cm³/mol. The molecule has 1 heterocycles. The number of phenols is 1. The van der Waals surface area contributed by atoms with Gasteiger partial charge >= 0.3 is 0 Å². The molecule has 1 aliphatic carbocycles. The molecule has 0 aromatic heterocycles. The van der Waals surface area contributed by atoms with E-state index in [0.29, 0.717) is 57.2 Å². The van der Waals surface area contributed by atoms with Crippen LogP contribution in [-0.2, 0) is 11.2 Å². The Morgan fingerprint density at radius 2 is 1.80 bits per heavy atom. The van der Waals surface area contributed by atoms with E-state index in [-0.39, 0.29) is 30.0 Å². The van der Waals surface area contributed by atoms with E-state index >= 15 is 0 Å². The zero-order chi connectivity index (χ0) is 25.7. The van der Waals surface area contributed by atoms with E-state index in [0.717, 1.165) is 0 Å². The summed E-state index contributed by atoms with van der Waals surface area (Å²) in [5.41, 5.74) is 1.13. The maximum absolute atomic E-state index is 13.8. The molecule has 0 amide bonds. The average Bonchev–Trinajstić information content (AvgIpc) is 3.30. The highest BCUT2D eigenvalue weighted by molar-refractivity contribution is 6.03. The maximum atomic E-state index is 13.8. The van der Waals surface area contributed by atoms with Crippen LogP contribution in [0, 0.1) is 5.92 Å². The van der Waals surface area contributed by atoms with Gasteiger partial charge in [0.1, 0.15) is 0 Å². The van der Waals surface area contributed by atoms with Crippen LogP contribution in [0.25, 0.3) is 11.1 Å². The molecular formula is C27H32O8. The highest BCUT2D eigenvalue weighted by Crippen LogP contribution is 2.59. The molecule has 0 bridgehead atoms. The van der Waals surface area contributed by atoms with Crippen molar-refractivity contribution in [1.29, 1.82) is 0 Å². The van der Waals surface area contributed by atoms with Gasteiger partial charge < -0.3 is 33.9 Å². The molecule has 2 aliphatic rings. The fourth-order valence-corrected chi connectivity index (χ4v) is 5.09. The number of hydrogen-bond donors (Lipinski definition) is 2. The average molecular weight is 485 g/mol. The first-order chi connectivity index (χ1) is 16.6. The number of ether oxygens (including phenoxy) is 5. The second-order valence-electron chi connectivity index (χ2n) is 9.20. The van der Waals surface area contributed by atoms with Gasteiger partial charge in [0.15, 0.2) is 28.8 Å². The summed E-state index contributed by atoms with van der Waals surface area (Å²) in [6.07, 6.45) is 2.08. The van der Waals surface area contributed by atoms with Crippen LogP contribution in [0.3, 0.4) is 0 Å². The molecule has 0 unspecified atom stereocenters. The quantitative estimate of drug-likeness (QED) is 0.603. The molecule has 2 N–H and O–H groups in total. The van der Waals surface area contributed by atoms with Crippen LogP contribution in [0.15, 0.2) is 23.8 Å². The Hall–Kier alpha value is -3.39. The van der Waals surface area contributed by atoms with E-state index in [1.54, 1.807) is 39.0 Å². The van der Waals surface area contributed by atoms with Crippen molar-refractivity contribution in [3.63, 3.8) is 0 Å². The smallest absolute Gasteiger partial charge is 0.231 e. The Kier molecular flexibility index (Phi) is 6.36. The fourth-order valence-electron chi connectivity index (χ4n) is 5.09. The van der Waals surface area contributed by atoms with Gasteiger partial charge in [0.05, 0.1) is 32.8 Å². The van der Waals surface area contributed by atoms with Crippen LogP contribution in [0.2, 0.25) is 0 Å². The van der Waals surface area contributed by atoms with Crippen LogP contribution >= 0.6 is 0 Å². The van der Waals surface area contributed by atoms with E-state index in [1.807, 2.05) is 6.92 Å². The summed E-state index contributed by atoms with van der Waals surface area (Å²) in [7, 11) is 4.43. The van der Waals surface area contributed by atoms with Gasteiger partial charge in [-0.05, 0) is 61.9 Å². The summed E-state index contributed by atoms with van der Waals surface area (Å²) in [5, 5.41) is 23.4. The van der Waals surface area contributed by atoms with Crippen molar-refractivity contribution in [3.8, 4) is 45.6 Å². The summed E-state index contributed by atoms with van der Waals surface area (Å²) in [4.78, 5) is 13.8. The van der Waals surface area contributed by atoms with Crippen molar-refractivity contribution in [2.24, 2.45) is 5.92 Å². The van der Waals surface area contributed by atoms with Crippen LogP contribution < -0.4 is 23.7 Å². The normalized spacial score (nSPS) is 23.0. The second-order valence-corrected chi connectivity index (χ2v) is 9.20. The minimum atomic E-state index is -1.45. The molecule has 0 radical (unpaired) electrons. The van der Waals surface area contributed by atoms with Crippen LogP contribution in [-0.4, -0.2) is 49.7 Å². The van der Waals surface area contributed by atoms with E-state index in [9.17, 15) is 15.0 Å². The summed E-state index contributed by atoms with van der Waals surface area (Å²) in [6, 6.07) is 3.49. The second kappa shape index (κ2) is 9.00. The van der Waals surface area contributed by atoms with Crippen LogP contribution in [0.4, 0.5) is 0 Å². The minimum absolute atomic E-state index is 0.0152. The number of methoxy groups -OCH3 is 3. The van der Waals surface area contributed by atoms with E-state index < -0.39 is 11.5 Å². The van der Waals surface area contributed by atoms with Crippen LogP contribution in [0.1, 0.15) is 44.7 Å². The minimum Gasteiger partial charge on any atom is -0.504 e. The Labute approximate surface area is 205 Å². The Balaban J connectivity index is 2.21. The number of aromatic hydroxyl groups is 1. The highest BCUT2D eigenvalue weighted by Gasteiger charge is 2.48. The van der Waals surface area contributed by atoms with Crippen molar-refractivity contribution in [1.82, 2.24) is 0 Å². The Morgan fingerprint density at radius 1 is 1.11 bits per heavy atom. The number of hydrogen-bond acceptors (Lipinski definition) is 8. The van der Waals surface area contributed by atoms with Crippen molar-refractivity contribution in [2.45, 2.75) is 45.6 Å². The van der Waals surface area contributed by atoms with Gasteiger partial charge in [-0.2, -0.15) is 0 Å². The van der Waals surface area contributed by atoms with Crippen molar-refractivity contribution in [2.75, 3.05) is 28.1 Å². The lowest BCUT2D eigenvalue weighted by Crippen LogP contribution is -2.45. The molecule has 1 aliphatic heterocycles. The third-order valence-electron chi connectivity index (χ3n) is 7.33. The molecule has 3 atom stereocenters. The number of fused-ring (bicyclic) bond motifs is 4. The molecule has 0 saturated heterocycles. The SMILES string of the molecule is C/C=C(\C)C(=O)[C@H]1c2cc3c(c(OC)c2-c2c(cc(OC)c(OC)c2O)C[C@H](C)[C@]1(C)O)OCO3. The third-order valence-corrected chi connectivity index (χ3v) is 7.33. The number of Topliss-reactive ketones (excluding diaryl/α,β-unsaturated/α-hetero) is 1. The Bertz CT molecular complexity index is 1210. The first-order valence-electron chi connectivity index (χ1n) is 11.5. The summed E-state index contributed by atoms with van der Waals surface area (Å²) in [5.74, 6) is -0.123. The molecular weight excluding hydrogens is 452 g/mol. The van der Waals surface area contributed by atoms with Crippen LogP contribution in [0.5, 0.6) is 34.5 Å². The summed E-state index contributed by atoms with van der Waals surface area (Å²) in [6.45, 7) is 7.06. The fraction of sp³-hybridized carbons (Fsp3) is 0.444. The first kappa shape index (κ1) is 24.7. The number of rotatable bonds is 5. The molecule has 0 saturated carbocycles. The van der Waals surface area contributed by atoms with Gasteiger partial charge in [-0.25, -0.2) is 0 Å². The van der Waals surface area contributed by atoms with E-state index in [2.05, 4.69) is 0 Å². The topological polar surface area (TPSA) is 104 Å². The standard InChI is InChI=1S/C27H32O8/c1-8-13(2)22(28)21-16-11-18-25(35-12-34-18)26(33-7)20(16)19-15(9-14(3)27(21,4)30)10-17(31-5)24(32-6)23(19)29/h8,10-11,14,21,29-30H,9,12H2,1-7H3/b13-8+/t14-,21+,27-/m0/s1. The molecule has 188 valence electrons. The molecule has 2 aromatic carbocycles. The lowest BCUT2D eigenvalue weighted by atomic mass is 9.66. The molecule has 0 fully saturated rings. The van der Waals surface area contributed by atoms with Gasteiger partial charge in [-0.3, -0.25) is 4.79 Å². The number of ketones is 1. The maximum Gasteiger partial charge on any atom is 0.231 e. The van der Waals surface area contributed by atoms with Gasteiger partial charge in [-0.1, -0.05) is 13.0 Å². The van der Waals surface area contributed by atoms with Crippen molar-refractivity contribution >= 4 is 5.78 Å². The molecule has 0 spiro atoms. The molecule has 2 aromatic rings. The number of allylic oxidation sites excluding steroid dienone is 2. The monoisotopic (exact) mass is 484 g/mol. The summed E-state index contributed by atoms with van der Waals surface area (Å²) >= 11 is 0. The third kappa shape index (κ3) is 3.67. The largest absolute Gasteiger partial charge is 0.504 e. The molecule has 8 nitrogen and oxygen atoms in total. The number of carbonyl (C=O) groups is 1. The zero-order valence-corrected chi connectivity index (χ0v) is 21.1. The predicted octanol–water partition coefficient (Wildman–Crippen LogP) is 4.38. The number of aliphatic hydroxyl groups is 1. The van der Waals surface area contributed by atoms with Gasteiger partial charge in [-0.15, -0.1) is 0 Å². The van der Waals surface area contributed by atoms with Gasteiger partial charge in [0.2, 0.25) is 18.3 Å². The molecule has 4 rings (SSSR count). The number of carbonyl (C=O) groups excluding carboxylic acids is 1. The zero-order valence-electron chi connectivity index (χ0n) is 21.1. The summed E-state index contributed by atoms with van der Waals surface area (Å²) < 4.78 is 28.2. The Morgan fingerprint density at radius 3 is 2.40 bits per heavy atom.